The van der Waals surface area contributed by atoms with Crippen molar-refractivity contribution < 1.29 is 28.5 Å². The molecule has 2 fully saturated rings. The van der Waals surface area contributed by atoms with E-state index in [1.54, 1.807) is 0 Å². The first-order chi connectivity index (χ1) is 15.6. The molecule has 1 amide bonds. The number of nitriles is 1. The molecule has 2 aliphatic heterocycles. The second kappa shape index (κ2) is 11.1. The number of alkyl carbamates (subject to hydrolysis) is 1. The van der Waals surface area contributed by atoms with Crippen molar-refractivity contribution in [3.63, 3.8) is 0 Å². The highest BCUT2D eigenvalue weighted by Gasteiger charge is 2.35. The first kappa shape index (κ1) is 25.2. The third-order valence-electron chi connectivity index (χ3n) is 5.29. The maximum absolute atomic E-state index is 13.9. The number of ether oxygens (including phenoxy) is 3. The summed E-state index contributed by atoms with van der Waals surface area (Å²) < 4.78 is 30.6. The van der Waals surface area contributed by atoms with E-state index < -0.39 is 23.6 Å². The van der Waals surface area contributed by atoms with Gasteiger partial charge in [0.25, 0.3) is 0 Å². The summed E-state index contributed by atoms with van der Waals surface area (Å²) in [4.78, 5) is 16.2. The molecule has 3 unspecified atom stereocenters. The van der Waals surface area contributed by atoms with Gasteiger partial charge in [0, 0.05) is 45.8 Å². The summed E-state index contributed by atoms with van der Waals surface area (Å²) in [6.07, 6.45) is -1.17. The molecule has 0 radical (unpaired) electrons. The molecule has 182 valence electrons. The van der Waals surface area contributed by atoms with Gasteiger partial charge < -0.3 is 24.6 Å². The van der Waals surface area contributed by atoms with Crippen LogP contribution in [0.1, 0.15) is 26.3 Å². The van der Waals surface area contributed by atoms with Gasteiger partial charge in [-0.1, -0.05) is 0 Å². The van der Waals surface area contributed by atoms with Gasteiger partial charge in [-0.3, -0.25) is 9.80 Å². The van der Waals surface area contributed by atoms with Crippen LogP contribution in [0.5, 0.6) is 5.75 Å². The normalized spacial score (nSPS) is 22.3. The van der Waals surface area contributed by atoms with Crippen molar-refractivity contribution in [1.29, 1.82) is 5.26 Å². The molecular weight excluding hydrogens is 431 g/mol. The van der Waals surface area contributed by atoms with Gasteiger partial charge in [-0.2, -0.15) is 5.26 Å². The Bertz CT molecular complexity index is 842. The second-order valence-corrected chi connectivity index (χ2v) is 9.51. The number of benzene rings is 1. The average molecular weight is 465 g/mol. The van der Waals surface area contributed by atoms with Crippen LogP contribution >= 0.6 is 0 Å². The third kappa shape index (κ3) is 8.12. The standard InChI is InChI=1S/C23H33FN4O5/c1-23(2,3)33-22(30)26-6-7-27-11-18-13-28(14-19(12-27)32-18)10-17(29)15-31-21-5-4-16(9-25)8-20(21)24/h4-5,8,17-19,29H,6-7,10-15H2,1-3H3,(H,26,30). The minimum absolute atomic E-state index is 0.0162. The van der Waals surface area contributed by atoms with Crippen molar-refractivity contribution >= 4 is 6.09 Å². The maximum atomic E-state index is 13.9. The topological polar surface area (TPSA) is 107 Å². The van der Waals surface area contributed by atoms with Gasteiger partial charge in [0.15, 0.2) is 11.6 Å². The Labute approximate surface area is 194 Å². The minimum Gasteiger partial charge on any atom is -0.488 e. The van der Waals surface area contributed by atoms with E-state index in [0.29, 0.717) is 32.7 Å². The Morgan fingerprint density at radius 3 is 2.58 bits per heavy atom. The summed E-state index contributed by atoms with van der Waals surface area (Å²) in [6, 6.07) is 5.85. The minimum atomic E-state index is -0.784. The van der Waals surface area contributed by atoms with E-state index in [1.807, 2.05) is 26.8 Å². The Morgan fingerprint density at radius 2 is 1.97 bits per heavy atom. The van der Waals surface area contributed by atoms with Crippen LogP contribution in [0, 0.1) is 17.1 Å². The molecule has 3 rings (SSSR count). The van der Waals surface area contributed by atoms with Gasteiger partial charge in [0.2, 0.25) is 0 Å². The molecule has 1 aromatic rings. The SMILES string of the molecule is CC(C)(C)OC(=O)NCCN1CC2CN(CC(O)COc3ccc(C#N)cc3F)CC(C1)O2. The number of nitrogens with zero attached hydrogens (tertiary/aromatic N) is 3. The molecule has 33 heavy (non-hydrogen) atoms. The zero-order chi connectivity index (χ0) is 24.0. The number of aliphatic hydroxyl groups excluding tert-OH is 1. The molecular formula is C23H33FN4O5. The van der Waals surface area contributed by atoms with E-state index in [1.165, 1.54) is 12.1 Å². The number of halogens is 1. The van der Waals surface area contributed by atoms with Crippen LogP contribution in [0.15, 0.2) is 18.2 Å². The highest BCUT2D eigenvalue weighted by molar-refractivity contribution is 5.67. The van der Waals surface area contributed by atoms with E-state index in [0.717, 1.165) is 19.2 Å². The predicted octanol–water partition coefficient (Wildman–Crippen LogP) is 1.35. The molecule has 2 N–H and O–H groups in total. The molecule has 9 nitrogen and oxygen atoms in total. The van der Waals surface area contributed by atoms with Gasteiger partial charge >= 0.3 is 6.09 Å². The van der Waals surface area contributed by atoms with Crippen molar-refractivity contribution in [2.24, 2.45) is 0 Å². The molecule has 10 heteroatoms. The predicted molar refractivity (Wildman–Crippen MR) is 118 cm³/mol. The lowest BCUT2D eigenvalue weighted by molar-refractivity contribution is -0.142. The fourth-order valence-corrected chi connectivity index (χ4v) is 4.05. The number of rotatable bonds is 8. The van der Waals surface area contributed by atoms with Crippen LogP contribution < -0.4 is 10.1 Å². The molecule has 2 heterocycles. The number of nitrogens with one attached hydrogen (secondary N) is 1. The van der Waals surface area contributed by atoms with Gasteiger partial charge in [0.1, 0.15) is 18.3 Å². The summed E-state index contributed by atoms with van der Waals surface area (Å²) in [6.45, 7) is 9.89. The van der Waals surface area contributed by atoms with Gasteiger partial charge in [-0.05, 0) is 39.0 Å². The summed E-state index contributed by atoms with van der Waals surface area (Å²) in [5.74, 6) is -0.606. The molecule has 0 spiro atoms. The Balaban J connectivity index is 1.37. The number of carbonyl (C=O) groups excluding carboxylic acids is 1. The molecule has 2 bridgehead atoms. The number of morpholine rings is 2. The number of aliphatic hydroxyl groups is 1. The van der Waals surface area contributed by atoms with Crippen LogP contribution in [0.25, 0.3) is 0 Å². The molecule has 0 aromatic heterocycles. The fraction of sp³-hybridized carbons (Fsp3) is 0.652. The zero-order valence-electron chi connectivity index (χ0n) is 19.4. The number of amides is 1. The Kier molecular flexibility index (Phi) is 8.48. The molecule has 2 aliphatic rings. The lowest BCUT2D eigenvalue weighted by Gasteiger charge is -2.46. The van der Waals surface area contributed by atoms with Crippen molar-refractivity contribution in [3.8, 4) is 11.8 Å². The Hall–Kier alpha value is -2.45. The van der Waals surface area contributed by atoms with E-state index in [-0.39, 0.29) is 30.1 Å². The van der Waals surface area contributed by atoms with Crippen LogP contribution in [-0.4, -0.2) is 97.3 Å². The number of hydrogen-bond donors (Lipinski definition) is 2. The highest BCUT2D eigenvalue weighted by Crippen LogP contribution is 2.20. The van der Waals surface area contributed by atoms with Crippen LogP contribution in [0.4, 0.5) is 9.18 Å². The number of β-amino-alcohol motifs (C(OH)–C–C–N with tert-alkyl or cyclic N) is 1. The van der Waals surface area contributed by atoms with Crippen molar-refractivity contribution in [3.05, 3.63) is 29.6 Å². The lowest BCUT2D eigenvalue weighted by atomic mass is 10.1. The summed E-state index contributed by atoms with van der Waals surface area (Å²) in [7, 11) is 0. The van der Waals surface area contributed by atoms with E-state index in [4.69, 9.17) is 19.5 Å². The second-order valence-electron chi connectivity index (χ2n) is 9.51. The van der Waals surface area contributed by atoms with Crippen molar-refractivity contribution in [2.45, 2.75) is 44.7 Å². The molecule has 1 aromatic carbocycles. The number of fused-ring (bicyclic) bond motifs is 2. The zero-order valence-corrected chi connectivity index (χ0v) is 19.4. The monoisotopic (exact) mass is 464 g/mol. The van der Waals surface area contributed by atoms with E-state index in [9.17, 15) is 14.3 Å². The average Bonchev–Trinajstić information content (AvgIpc) is 2.70. The quantitative estimate of drug-likeness (QED) is 0.594. The fourth-order valence-electron chi connectivity index (χ4n) is 4.05. The Morgan fingerprint density at radius 1 is 1.30 bits per heavy atom. The van der Waals surface area contributed by atoms with Gasteiger partial charge in [-0.25, -0.2) is 9.18 Å². The number of hydrogen-bond acceptors (Lipinski definition) is 8. The molecule has 0 aliphatic carbocycles. The molecule has 0 saturated carbocycles. The first-order valence-electron chi connectivity index (χ1n) is 11.2. The molecule has 2 saturated heterocycles. The summed E-state index contributed by atoms with van der Waals surface area (Å²) in [5, 5.41) is 22.0. The molecule has 3 atom stereocenters. The van der Waals surface area contributed by atoms with Crippen molar-refractivity contribution in [1.82, 2.24) is 15.1 Å². The maximum Gasteiger partial charge on any atom is 0.407 e. The smallest absolute Gasteiger partial charge is 0.407 e. The van der Waals surface area contributed by atoms with Crippen LogP contribution in [0.2, 0.25) is 0 Å². The first-order valence-corrected chi connectivity index (χ1v) is 11.2. The van der Waals surface area contributed by atoms with Crippen LogP contribution in [-0.2, 0) is 9.47 Å². The summed E-state index contributed by atoms with van der Waals surface area (Å²) >= 11 is 0. The van der Waals surface area contributed by atoms with Gasteiger partial charge in [0.05, 0.1) is 23.8 Å². The van der Waals surface area contributed by atoms with Crippen molar-refractivity contribution in [2.75, 3.05) is 52.4 Å². The number of carbonyl (C=O) groups is 1. The summed E-state index contributed by atoms with van der Waals surface area (Å²) in [5.41, 5.74) is -0.301. The largest absolute Gasteiger partial charge is 0.488 e. The third-order valence-corrected chi connectivity index (χ3v) is 5.29. The van der Waals surface area contributed by atoms with Gasteiger partial charge in [-0.15, -0.1) is 0 Å². The van der Waals surface area contributed by atoms with E-state index in [2.05, 4.69) is 15.1 Å². The van der Waals surface area contributed by atoms with Crippen LogP contribution in [0.3, 0.4) is 0 Å². The highest BCUT2D eigenvalue weighted by atomic mass is 19.1. The van der Waals surface area contributed by atoms with E-state index >= 15 is 0 Å². The lowest BCUT2D eigenvalue weighted by Crippen LogP contribution is -2.61.